The van der Waals surface area contributed by atoms with Gasteiger partial charge in [0.05, 0.1) is 5.69 Å². The number of benzene rings is 2. The molecule has 1 heterocycles. The van der Waals surface area contributed by atoms with Gasteiger partial charge in [0.1, 0.15) is 0 Å². The van der Waals surface area contributed by atoms with Gasteiger partial charge in [-0.05, 0) is 12.1 Å². The molecular formula is C16H13NO3. The molecule has 0 aromatic heterocycles. The maximum absolute atomic E-state index is 12.6. The summed E-state index contributed by atoms with van der Waals surface area (Å²) in [6.45, 7) is 0. The number of nitrogens with zero attached hydrogens (tertiary/aromatic N) is 1. The molecule has 1 N–H and O–H groups in total. The predicted octanol–water partition coefficient (Wildman–Crippen LogP) is 1.73. The minimum Gasteiger partial charge on any atom is -0.369 e. The second-order valence-corrected chi connectivity index (χ2v) is 4.79. The highest BCUT2D eigenvalue weighted by Gasteiger charge is 2.51. The van der Waals surface area contributed by atoms with E-state index >= 15 is 0 Å². The van der Waals surface area contributed by atoms with E-state index in [1.807, 2.05) is 0 Å². The molecule has 1 amide bonds. The number of hydrogen-bond donors (Lipinski definition) is 1. The van der Waals surface area contributed by atoms with Crippen molar-refractivity contribution < 1.29 is 14.7 Å². The summed E-state index contributed by atoms with van der Waals surface area (Å²) in [6, 6.07) is 15.1. The first kappa shape index (κ1) is 12.6. The minimum absolute atomic E-state index is 0.288. The summed E-state index contributed by atoms with van der Waals surface area (Å²) in [7, 11) is 1.56. The van der Waals surface area contributed by atoms with Crippen molar-refractivity contribution in [2.75, 3.05) is 11.9 Å². The van der Waals surface area contributed by atoms with Crippen LogP contribution in [0, 0.1) is 0 Å². The highest BCUT2D eigenvalue weighted by Crippen LogP contribution is 2.37. The van der Waals surface area contributed by atoms with E-state index < -0.39 is 17.3 Å². The zero-order chi connectivity index (χ0) is 14.3. The number of carbonyl (C=O) groups is 2. The summed E-state index contributed by atoms with van der Waals surface area (Å²) < 4.78 is 0. The Kier molecular flexibility index (Phi) is 2.69. The number of likely N-dealkylation sites (N-methyl/N-ethyl adjacent to an activating group) is 1. The van der Waals surface area contributed by atoms with E-state index in [4.69, 9.17) is 0 Å². The quantitative estimate of drug-likeness (QED) is 0.801. The zero-order valence-corrected chi connectivity index (χ0v) is 10.9. The molecule has 1 unspecified atom stereocenters. The fraction of sp³-hybridized carbons (Fsp3) is 0.125. The normalized spacial score (nSPS) is 21.8. The van der Waals surface area contributed by atoms with Crippen LogP contribution in [0.1, 0.15) is 15.9 Å². The van der Waals surface area contributed by atoms with Crippen molar-refractivity contribution in [2.45, 2.75) is 5.60 Å². The third-order valence-electron chi connectivity index (χ3n) is 3.64. The van der Waals surface area contributed by atoms with Crippen LogP contribution in [0.4, 0.5) is 5.69 Å². The average molecular weight is 267 g/mol. The molecular weight excluding hydrogens is 254 g/mol. The Morgan fingerprint density at radius 3 is 2.25 bits per heavy atom. The maximum Gasteiger partial charge on any atom is 0.271 e. The van der Waals surface area contributed by atoms with E-state index in [9.17, 15) is 14.7 Å². The van der Waals surface area contributed by atoms with E-state index in [-0.39, 0.29) is 5.56 Å². The molecule has 3 rings (SSSR count). The van der Waals surface area contributed by atoms with Gasteiger partial charge >= 0.3 is 0 Å². The van der Waals surface area contributed by atoms with E-state index in [1.54, 1.807) is 61.6 Å². The number of rotatable bonds is 1. The lowest BCUT2D eigenvalue weighted by atomic mass is 9.81. The second-order valence-electron chi connectivity index (χ2n) is 4.79. The second kappa shape index (κ2) is 4.28. The smallest absolute Gasteiger partial charge is 0.271 e. The molecule has 4 heteroatoms. The van der Waals surface area contributed by atoms with E-state index in [2.05, 4.69) is 0 Å². The van der Waals surface area contributed by atoms with Crippen LogP contribution in [-0.4, -0.2) is 23.8 Å². The third kappa shape index (κ3) is 1.52. The molecule has 20 heavy (non-hydrogen) atoms. The van der Waals surface area contributed by atoms with Crippen LogP contribution in [0.3, 0.4) is 0 Å². The van der Waals surface area contributed by atoms with Gasteiger partial charge in [-0.3, -0.25) is 9.59 Å². The topological polar surface area (TPSA) is 57.6 Å². The van der Waals surface area contributed by atoms with Crippen molar-refractivity contribution in [2.24, 2.45) is 0 Å². The Morgan fingerprint density at radius 1 is 0.950 bits per heavy atom. The minimum atomic E-state index is -2.15. The fourth-order valence-electron chi connectivity index (χ4n) is 2.54. The Morgan fingerprint density at radius 2 is 1.55 bits per heavy atom. The summed E-state index contributed by atoms with van der Waals surface area (Å²) in [6.07, 6.45) is 0. The molecule has 0 aliphatic carbocycles. The number of aliphatic hydroxyl groups is 1. The first-order chi connectivity index (χ1) is 9.56. The van der Waals surface area contributed by atoms with Crippen molar-refractivity contribution in [3.8, 4) is 0 Å². The summed E-state index contributed by atoms with van der Waals surface area (Å²) >= 11 is 0. The van der Waals surface area contributed by atoms with Crippen LogP contribution in [0.5, 0.6) is 0 Å². The number of Topliss-reactive ketones (excluding diaryl/α,β-unsaturated/α-hetero) is 1. The van der Waals surface area contributed by atoms with Crippen LogP contribution in [-0.2, 0) is 10.4 Å². The number of amides is 1. The van der Waals surface area contributed by atoms with Gasteiger partial charge in [-0.25, -0.2) is 0 Å². The molecule has 4 nitrogen and oxygen atoms in total. The molecule has 2 aromatic rings. The molecule has 2 aromatic carbocycles. The molecule has 0 radical (unpaired) electrons. The van der Waals surface area contributed by atoms with E-state index in [1.165, 1.54) is 4.90 Å². The molecule has 0 bridgehead atoms. The summed E-state index contributed by atoms with van der Waals surface area (Å²) in [5, 5.41) is 10.8. The van der Waals surface area contributed by atoms with E-state index in [0.29, 0.717) is 11.3 Å². The van der Waals surface area contributed by atoms with Crippen LogP contribution in [0.15, 0.2) is 54.6 Å². The monoisotopic (exact) mass is 267 g/mol. The Labute approximate surface area is 116 Å². The van der Waals surface area contributed by atoms with Gasteiger partial charge in [-0.15, -0.1) is 0 Å². The molecule has 0 fully saturated rings. The van der Waals surface area contributed by atoms with Crippen molar-refractivity contribution in [3.05, 3.63) is 65.7 Å². The van der Waals surface area contributed by atoms with Crippen LogP contribution < -0.4 is 4.90 Å². The van der Waals surface area contributed by atoms with Crippen molar-refractivity contribution in [1.29, 1.82) is 0 Å². The molecule has 1 atom stereocenters. The van der Waals surface area contributed by atoms with Gasteiger partial charge in [-0.2, -0.15) is 0 Å². The lowest BCUT2D eigenvalue weighted by Crippen LogP contribution is -2.54. The first-order valence-electron chi connectivity index (χ1n) is 6.26. The van der Waals surface area contributed by atoms with Gasteiger partial charge < -0.3 is 10.0 Å². The molecule has 1 aliphatic heterocycles. The van der Waals surface area contributed by atoms with E-state index in [0.717, 1.165) is 0 Å². The highest BCUT2D eigenvalue weighted by molar-refractivity contribution is 6.27. The zero-order valence-electron chi connectivity index (χ0n) is 10.9. The van der Waals surface area contributed by atoms with Gasteiger partial charge in [-0.1, -0.05) is 42.5 Å². The first-order valence-corrected chi connectivity index (χ1v) is 6.26. The number of anilines is 1. The molecule has 0 saturated carbocycles. The van der Waals surface area contributed by atoms with Crippen molar-refractivity contribution in [1.82, 2.24) is 0 Å². The predicted molar refractivity (Wildman–Crippen MR) is 74.5 cm³/mol. The van der Waals surface area contributed by atoms with Crippen molar-refractivity contribution in [3.63, 3.8) is 0 Å². The number of carbonyl (C=O) groups excluding carboxylic acids is 2. The average Bonchev–Trinajstić information content (AvgIpc) is 2.51. The van der Waals surface area contributed by atoms with Gasteiger partial charge in [0.15, 0.2) is 0 Å². The number of hydrogen-bond acceptors (Lipinski definition) is 3. The Hall–Kier alpha value is -2.46. The number of fused-ring (bicyclic) bond motifs is 1. The highest BCUT2D eigenvalue weighted by atomic mass is 16.3. The molecule has 0 saturated heterocycles. The third-order valence-corrected chi connectivity index (χ3v) is 3.64. The van der Waals surface area contributed by atoms with Gasteiger partial charge in [0, 0.05) is 18.2 Å². The Balaban J connectivity index is 2.24. The Bertz CT molecular complexity index is 696. The number of ketones is 1. The lowest BCUT2D eigenvalue weighted by Gasteiger charge is -2.36. The summed E-state index contributed by atoms with van der Waals surface area (Å²) in [5.41, 5.74) is -0.995. The van der Waals surface area contributed by atoms with Gasteiger partial charge in [0.2, 0.25) is 11.4 Å². The van der Waals surface area contributed by atoms with Crippen molar-refractivity contribution >= 4 is 17.4 Å². The maximum atomic E-state index is 12.6. The molecule has 0 spiro atoms. The standard InChI is InChI=1S/C16H13NO3/c1-17-13-10-6-5-9-12(13)14(18)16(20,15(17)19)11-7-3-2-4-8-11/h2-10,20H,1H3. The van der Waals surface area contributed by atoms with Crippen LogP contribution >= 0.6 is 0 Å². The molecule has 1 aliphatic rings. The number of para-hydroxylation sites is 1. The lowest BCUT2D eigenvalue weighted by molar-refractivity contribution is -0.133. The SMILES string of the molecule is CN1C(=O)C(O)(c2ccccc2)C(=O)c2ccccc21. The van der Waals surface area contributed by atoms with Gasteiger partial charge in [0.25, 0.3) is 5.91 Å². The fourth-order valence-corrected chi connectivity index (χ4v) is 2.54. The van der Waals surface area contributed by atoms with Crippen LogP contribution in [0.2, 0.25) is 0 Å². The summed E-state index contributed by atoms with van der Waals surface area (Å²) in [5.74, 6) is -1.21. The summed E-state index contributed by atoms with van der Waals surface area (Å²) in [4.78, 5) is 26.4. The van der Waals surface area contributed by atoms with Crippen LogP contribution in [0.25, 0.3) is 0 Å². The molecule has 100 valence electrons. The largest absolute Gasteiger partial charge is 0.369 e.